The molecule has 0 unspecified atom stereocenters. The number of amides is 1. The largest absolute Gasteiger partial charge is 0.496 e. The third-order valence-electron chi connectivity index (χ3n) is 4.30. The number of benzene rings is 3. The van der Waals surface area contributed by atoms with Crippen LogP contribution in [-0.2, 0) is 0 Å². The van der Waals surface area contributed by atoms with Gasteiger partial charge in [-0.2, -0.15) is 0 Å². The number of hydrogen-bond donors (Lipinski definition) is 1. The highest BCUT2D eigenvalue weighted by Gasteiger charge is 2.16. The fourth-order valence-corrected chi connectivity index (χ4v) is 3.37. The molecule has 27 heavy (non-hydrogen) atoms. The number of carbonyl (C=O) groups excluding carboxylic acids is 1. The molecule has 6 heteroatoms. The van der Waals surface area contributed by atoms with E-state index in [9.17, 15) is 9.59 Å². The molecule has 0 aliphatic rings. The van der Waals surface area contributed by atoms with E-state index in [2.05, 4.69) is 21.2 Å². The second-order valence-electron chi connectivity index (χ2n) is 5.94. The second kappa shape index (κ2) is 6.89. The number of carbonyl (C=O) groups is 1. The summed E-state index contributed by atoms with van der Waals surface area (Å²) >= 11 is 3.34. The maximum absolute atomic E-state index is 12.7. The lowest BCUT2D eigenvalue weighted by Crippen LogP contribution is -2.18. The van der Waals surface area contributed by atoms with Crippen LogP contribution >= 0.6 is 15.9 Å². The van der Waals surface area contributed by atoms with Crippen LogP contribution in [0.3, 0.4) is 0 Å². The molecule has 134 valence electrons. The number of nitrogens with one attached hydrogen (secondary N) is 1. The Morgan fingerprint density at radius 1 is 1.04 bits per heavy atom. The van der Waals surface area contributed by atoms with Gasteiger partial charge in [-0.15, -0.1) is 0 Å². The molecule has 1 heterocycles. The summed E-state index contributed by atoms with van der Waals surface area (Å²) in [6.07, 6.45) is 0. The molecule has 5 nitrogen and oxygen atoms in total. The van der Waals surface area contributed by atoms with Gasteiger partial charge in [-0.25, -0.2) is 4.79 Å². The van der Waals surface area contributed by atoms with Crippen molar-refractivity contribution in [2.45, 2.75) is 0 Å². The Balaban J connectivity index is 1.81. The number of methoxy groups -OCH3 is 1. The third kappa shape index (κ3) is 3.19. The standard InChI is InChI=1S/C21H14BrNO4/c1-26-18-9-7-13(22)10-16(18)20(24)23-17-11-15-14-5-3-2-4-12(14)6-8-19(15)27-21(17)25/h2-11H,1H3,(H,23,24). The summed E-state index contributed by atoms with van der Waals surface area (Å²) in [6.45, 7) is 0. The first-order valence-electron chi connectivity index (χ1n) is 8.17. The van der Waals surface area contributed by atoms with E-state index in [-0.39, 0.29) is 5.69 Å². The van der Waals surface area contributed by atoms with E-state index in [1.165, 1.54) is 7.11 Å². The third-order valence-corrected chi connectivity index (χ3v) is 4.79. The molecule has 0 aliphatic heterocycles. The molecule has 1 N–H and O–H groups in total. The number of hydrogen-bond acceptors (Lipinski definition) is 4. The van der Waals surface area contributed by atoms with Crippen molar-refractivity contribution < 1.29 is 13.9 Å². The molecule has 0 fully saturated rings. The van der Waals surface area contributed by atoms with Gasteiger partial charge >= 0.3 is 5.63 Å². The summed E-state index contributed by atoms with van der Waals surface area (Å²) in [6, 6.07) is 18.1. The summed E-state index contributed by atoms with van der Waals surface area (Å²) in [5.74, 6) is -0.0497. The highest BCUT2D eigenvalue weighted by molar-refractivity contribution is 9.10. The number of rotatable bonds is 3. The lowest BCUT2D eigenvalue weighted by Gasteiger charge is -2.10. The van der Waals surface area contributed by atoms with Gasteiger partial charge in [0.05, 0.1) is 12.7 Å². The Morgan fingerprint density at radius 2 is 1.85 bits per heavy atom. The van der Waals surface area contributed by atoms with Crippen molar-refractivity contribution in [1.82, 2.24) is 0 Å². The van der Waals surface area contributed by atoms with Crippen LogP contribution in [0.25, 0.3) is 21.7 Å². The van der Waals surface area contributed by atoms with Gasteiger partial charge in [0.15, 0.2) is 0 Å². The second-order valence-corrected chi connectivity index (χ2v) is 6.86. The molecule has 0 spiro atoms. The molecule has 0 atom stereocenters. The van der Waals surface area contributed by atoms with Crippen LogP contribution in [0, 0.1) is 0 Å². The van der Waals surface area contributed by atoms with Crippen molar-refractivity contribution in [3.05, 3.63) is 81.1 Å². The number of anilines is 1. The quantitative estimate of drug-likeness (QED) is 0.373. The molecule has 4 aromatic rings. The molecule has 0 saturated heterocycles. The first-order chi connectivity index (χ1) is 13.1. The van der Waals surface area contributed by atoms with Gasteiger partial charge in [0.25, 0.3) is 5.91 Å². The van der Waals surface area contributed by atoms with Crippen LogP contribution in [-0.4, -0.2) is 13.0 Å². The molecule has 0 radical (unpaired) electrons. The van der Waals surface area contributed by atoms with Crippen molar-refractivity contribution in [2.75, 3.05) is 12.4 Å². The van der Waals surface area contributed by atoms with Crippen molar-refractivity contribution in [3.8, 4) is 5.75 Å². The van der Waals surface area contributed by atoms with E-state index >= 15 is 0 Å². The summed E-state index contributed by atoms with van der Waals surface area (Å²) in [4.78, 5) is 25.0. The minimum Gasteiger partial charge on any atom is -0.496 e. The zero-order valence-corrected chi connectivity index (χ0v) is 15.9. The topological polar surface area (TPSA) is 68.5 Å². The smallest absolute Gasteiger partial charge is 0.360 e. The molecule has 4 rings (SSSR count). The SMILES string of the molecule is COc1ccc(Br)cc1C(=O)Nc1cc2c(ccc3ccccc32)oc1=O. The average molecular weight is 424 g/mol. The lowest BCUT2D eigenvalue weighted by atomic mass is 10.1. The van der Waals surface area contributed by atoms with Crippen LogP contribution in [0.1, 0.15) is 10.4 Å². The minimum absolute atomic E-state index is 0.0749. The first-order valence-corrected chi connectivity index (χ1v) is 8.96. The van der Waals surface area contributed by atoms with Gasteiger partial charge in [-0.3, -0.25) is 4.79 Å². The monoisotopic (exact) mass is 423 g/mol. The Morgan fingerprint density at radius 3 is 2.67 bits per heavy atom. The molecule has 0 saturated carbocycles. The fraction of sp³-hybridized carbons (Fsp3) is 0.0476. The van der Waals surface area contributed by atoms with Crippen LogP contribution in [0.15, 0.2) is 74.3 Å². The number of fused-ring (bicyclic) bond motifs is 3. The van der Waals surface area contributed by atoms with Crippen LogP contribution < -0.4 is 15.7 Å². The molecule has 3 aromatic carbocycles. The van der Waals surface area contributed by atoms with Crippen molar-refractivity contribution in [3.63, 3.8) is 0 Å². The Labute approximate surface area is 162 Å². The predicted octanol–water partition coefficient (Wildman–Crippen LogP) is 4.97. The van der Waals surface area contributed by atoms with Crippen molar-refractivity contribution >= 4 is 49.3 Å². The highest BCUT2D eigenvalue weighted by atomic mass is 79.9. The van der Waals surface area contributed by atoms with Crippen LogP contribution in [0.2, 0.25) is 0 Å². The van der Waals surface area contributed by atoms with Gasteiger partial charge in [-0.05, 0) is 41.1 Å². The molecule has 1 aromatic heterocycles. The van der Waals surface area contributed by atoms with Gasteiger partial charge in [0.1, 0.15) is 17.0 Å². The molecule has 1 amide bonds. The molecule has 0 bridgehead atoms. The number of halogens is 1. The van der Waals surface area contributed by atoms with Gasteiger partial charge in [0.2, 0.25) is 0 Å². The van der Waals surface area contributed by atoms with E-state index in [0.717, 1.165) is 20.6 Å². The Hall–Kier alpha value is -3.12. The summed E-state index contributed by atoms with van der Waals surface area (Å²) in [7, 11) is 1.48. The maximum Gasteiger partial charge on any atom is 0.360 e. The van der Waals surface area contributed by atoms with E-state index in [0.29, 0.717) is 16.9 Å². The molecule has 0 aliphatic carbocycles. The molecular formula is C21H14BrNO4. The average Bonchev–Trinajstić information content (AvgIpc) is 2.68. The zero-order chi connectivity index (χ0) is 19.0. The van der Waals surface area contributed by atoms with E-state index in [4.69, 9.17) is 9.15 Å². The summed E-state index contributed by atoms with van der Waals surface area (Å²) < 4.78 is 11.4. The Kier molecular flexibility index (Phi) is 4.41. The zero-order valence-electron chi connectivity index (χ0n) is 14.3. The van der Waals surface area contributed by atoms with Crippen LogP contribution in [0.5, 0.6) is 5.75 Å². The van der Waals surface area contributed by atoms with Gasteiger partial charge in [-0.1, -0.05) is 46.3 Å². The maximum atomic E-state index is 12.7. The number of ether oxygens (including phenoxy) is 1. The van der Waals surface area contributed by atoms with E-state index in [1.807, 2.05) is 30.3 Å². The van der Waals surface area contributed by atoms with Gasteiger partial charge in [0, 0.05) is 9.86 Å². The highest BCUT2D eigenvalue weighted by Crippen LogP contribution is 2.27. The van der Waals surface area contributed by atoms with Gasteiger partial charge < -0.3 is 14.5 Å². The van der Waals surface area contributed by atoms with Crippen molar-refractivity contribution in [2.24, 2.45) is 0 Å². The molecular weight excluding hydrogens is 410 g/mol. The first kappa shape index (κ1) is 17.3. The Bertz CT molecular complexity index is 1250. The van der Waals surface area contributed by atoms with E-state index in [1.54, 1.807) is 30.3 Å². The van der Waals surface area contributed by atoms with Crippen LogP contribution in [0.4, 0.5) is 5.69 Å². The van der Waals surface area contributed by atoms with Crippen molar-refractivity contribution in [1.29, 1.82) is 0 Å². The lowest BCUT2D eigenvalue weighted by molar-refractivity contribution is 0.102. The fourth-order valence-electron chi connectivity index (χ4n) is 3.01. The predicted molar refractivity (Wildman–Crippen MR) is 109 cm³/mol. The van der Waals surface area contributed by atoms with E-state index < -0.39 is 11.5 Å². The summed E-state index contributed by atoms with van der Waals surface area (Å²) in [5.41, 5.74) is 0.243. The minimum atomic E-state index is -0.611. The normalized spacial score (nSPS) is 10.9. The summed E-state index contributed by atoms with van der Waals surface area (Å²) in [5, 5.41) is 5.35.